The number of hydrogen-bond acceptors (Lipinski definition) is 5. The molecular formula is C17H20N2O3. The van der Waals surface area contributed by atoms with Crippen LogP contribution in [0.1, 0.15) is 15.9 Å². The van der Waals surface area contributed by atoms with Crippen molar-refractivity contribution in [3.63, 3.8) is 0 Å². The molecule has 0 fully saturated rings. The topological polar surface area (TPSA) is 64.0 Å². The van der Waals surface area contributed by atoms with Crippen LogP contribution in [0.5, 0.6) is 11.5 Å². The standard InChI is InChI=1S/C17H20N2O3/c1-18(2)13-9-12(16(21)10-14(13)19(3)4)17(22)11-7-5-6-8-15(11)20/h5-10,20-21H,1-4H3. The number of nitrogens with zero attached hydrogens (tertiary/aromatic N) is 2. The van der Waals surface area contributed by atoms with Crippen LogP contribution in [0.15, 0.2) is 36.4 Å². The largest absolute Gasteiger partial charge is 0.507 e. The fourth-order valence-corrected chi connectivity index (χ4v) is 2.27. The van der Waals surface area contributed by atoms with Crippen LogP contribution < -0.4 is 9.80 Å². The second-order valence-electron chi connectivity index (χ2n) is 5.49. The summed E-state index contributed by atoms with van der Waals surface area (Å²) in [5.41, 5.74) is 1.94. The highest BCUT2D eigenvalue weighted by Gasteiger charge is 2.20. The molecule has 0 atom stereocenters. The van der Waals surface area contributed by atoms with Crippen molar-refractivity contribution in [2.75, 3.05) is 38.0 Å². The molecular weight excluding hydrogens is 280 g/mol. The summed E-state index contributed by atoms with van der Waals surface area (Å²) in [7, 11) is 7.47. The second kappa shape index (κ2) is 5.97. The molecule has 22 heavy (non-hydrogen) atoms. The van der Waals surface area contributed by atoms with E-state index in [2.05, 4.69) is 0 Å². The van der Waals surface area contributed by atoms with Gasteiger partial charge in [0.1, 0.15) is 11.5 Å². The summed E-state index contributed by atoms with van der Waals surface area (Å²) in [6.45, 7) is 0. The average Bonchev–Trinajstić information content (AvgIpc) is 2.46. The molecule has 0 saturated carbocycles. The van der Waals surface area contributed by atoms with Crippen molar-refractivity contribution in [3.8, 4) is 11.5 Å². The lowest BCUT2D eigenvalue weighted by molar-refractivity contribution is 0.103. The first kappa shape index (κ1) is 15.7. The minimum absolute atomic E-state index is 0.102. The lowest BCUT2D eigenvalue weighted by Gasteiger charge is -2.24. The van der Waals surface area contributed by atoms with Gasteiger partial charge in [-0.05, 0) is 18.2 Å². The molecule has 0 unspecified atom stereocenters. The van der Waals surface area contributed by atoms with E-state index in [1.165, 1.54) is 12.1 Å². The smallest absolute Gasteiger partial charge is 0.200 e. The third kappa shape index (κ3) is 2.83. The van der Waals surface area contributed by atoms with Crippen molar-refractivity contribution in [3.05, 3.63) is 47.5 Å². The summed E-state index contributed by atoms with van der Waals surface area (Å²) in [4.78, 5) is 16.3. The zero-order chi connectivity index (χ0) is 16.4. The minimum Gasteiger partial charge on any atom is -0.507 e. The molecule has 0 amide bonds. The summed E-state index contributed by atoms with van der Waals surface area (Å²) in [6.07, 6.45) is 0. The van der Waals surface area contributed by atoms with Gasteiger partial charge in [-0.25, -0.2) is 0 Å². The molecule has 116 valence electrons. The van der Waals surface area contributed by atoms with Crippen LogP contribution in [0.4, 0.5) is 11.4 Å². The highest BCUT2D eigenvalue weighted by molar-refractivity contribution is 6.13. The van der Waals surface area contributed by atoms with Crippen LogP contribution in [-0.2, 0) is 0 Å². The number of para-hydroxylation sites is 1. The molecule has 0 bridgehead atoms. The van der Waals surface area contributed by atoms with E-state index in [9.17, 15) is 15.0 Å². The van der Waals surface area contributed by atoms with E-state index in [0.29, 0.717) is 0 Å². The average molecular weight is 300 g/mol. The van der Waals surface area contributed by atoms with Gasteiger partial charge in [0.25, 0.3) is 0 Å². The molecule has 0 radical (unpaired) electrons. The van der Waals surface area contributed by atoms with Gasteiger partial charge in [0.15, 0.2) is 0 Å². The fourth-order valence-electron chi connectivity index (χ4n) is 2.27. The third-order valence-corrected chi connectivity index (χ3v) is 3.45. The van der Waals surface area contributed by atoms with Gasteiger partial charge in [0, 0.05) is 34.3 Å². The van der Waals surface area contributed by atoms with E-state index in [0.717, 1.165) is 11.4 Å². The Morgan fingerprint density at radius 2 is 1.36 bits per heavy atom. The monoisotopic (exact) mass is 300 g/mol. The first-order valence-corrected chi connectivity index (χ1v) is 6.87. The number of rotatable bonds is 4. The lowest BCUT2D eigenvalue weighted by Crippen LogP contribution is -2.17. The molecule has 0 heterocycles. The highest BCUT2D eigenvalue weighted by atomic mass is 16.3. The van der Waals surface area contributed by atoms with E-state index in [1.54, 1.807) is 24.3 Å². The molecule has 0 saturated heterocycles. The van der Waals surface area contributed by atoms with Crippen LogP contribution in [0.3, 0.4) is 0 Å². The van der Waals surface area contributed by atoms with Gasteiger partial charge >= 0.3 is 0 Å². The van der Waals surface area contributed by atoms with Crippen molar-refractivity contribution in [2.45, 2.75) is 0 Å². The number of ketones is 1. The van der Waals surface area contributed by atoms with Crippen LogP contribution >= 0.6 is 0 Å². The zero-order valence-electron chi connectivity index (χ0n) is 13.2. The number of benzene rings is 2. The number of hydrogen-bond donors (Lipinski definition) is 2. The summed E-state index contributed by atoms with van der Waals surface area (Å²) >= 11 is 0. The van der Waals surface area contributed by atoms with Gasteiger partial charge in [0.2, 0.25) is 5.78 Å². The van der Waals surface area contributed by atoms with E-state index in [-0.39, 0.29) is 22.6 Å². The quantitative estimate of drug-likeness (QED) is 0.849. The Morgan fingerprint density at radius 1 is 0.818 bits per heavy atom. The molecule has 2 N–H and O–H groups in total. The Balaban J connectivity index is 2.59. The van der Waals surface area contributed by atoms with E-state index < -0.39 is 5.78 Å². The van der Waals surface area contributed by atoms with Crippen molar-refractivity contribution in [1.29, 1.82) is 0 Å². The maximum Gasteiger partial charge on any atom is 0.200 e. The minimum atomic E-state index is -0.413. The molecule has 0 aromatic heterocycles. The van der Waals surface area contributed by atoms with E-state index in [1.807, 2.05) is 38.0 Å². The SMILES string of the molecule is CN(C)c1cc(O)c(C(=O)c2ccccc2O)cc1N(C)C. The second-order valence-corrected chi connectivity index (χ2v) is 5.49. The Kier molecular flexibility index (Phi) is 4.26. The van der Waals surface area contributed by atoms with E-state index in [4.69, 9.17) is 0 Å². The molecule has 0 spiro atoms. The van der Waals surface area contributed by atoms with Gasteiger partial charge in [-0.15, -0.1) is 0 Å². The summed E-state index contributed by atoms with van der Waals surface area (Å²) in [5, 5.41) is 20.1. The zero-order valence-corrected chi connectivity index (χ0v) is 13.2. The van der Waals surface area contributed by atoms with Gasteiger partial charge in [0.05, 0.1) is 22.5 Å². The van der Waals surface area contributed by atoms with Crippen molar-refractivity contribution in [1.82, 2.24) is 0 Å². The van der Waals surface area contributed by atoms with Crippen molar-refractivity contribution >= 4 is 17.2 Å². The van der Waals surface area contributed by atoms with Crippen LogP contribution in [0.25, 0.3) is 0 Å². The molecule has 2 aromatic carbocycles. The number of carbonyl (C=O) groups excluding carboxylic acids is 1. The predicted molar refractivity (Wildman–Crippen MR) is 88.3 cm³/mol. The van der Waals surface area contributed by atoms with E-state index >= 15 is 0 Å². The van der Waals surface area contributed by atoms with Crippen molar-refractivity contribution < 1.29 is 15.0 Å². The van der Waals surface area contributed by atoms with Gasteiger partial charge in [-0.1, -0.05) is 12.1 Å². The molecule has 0 aliphatic heterocycles. The first-order valence-electron chi connectivity index (χ1n) is 6.87. The number of anilines is 2. The maximum atomic E-state index is 12.6. The fraction of sp³-hybridized carbons (Fsp3) is 0.235. The highest BCUT2D eigenvalue weighted by Crippen LogP contribution is 2.35. The molecule has 5 nitrogen and oxygen atoms in total. The Bertz CT molecular complexity index is 709. The molecule has 5 heteroatoms. The van der Waals surface area contributed by atoms with Crippen LogP contribution in [0.2, 0.25) is 0 Å². The van der Waals surface area contributed by atoms with Gasteiger partial charge in [-0.3, -0.25) is 4.79 Å². The molecule has 0 aliphatic rings. The number of aromatic hydroxyl groups is 2. The van der Waals surface area contributed by atoms with Crippen LogP contribution in [0, 0.1) is 0 Å². The molecule has 0 aliphatic carbocycles. The number of phenols is 2. The van der Waals surface area contributed by atoms with Gasteiger partial charge < -0.3 is 20.0 Å². The Morgan fingerprint density at radius 3 is 1.91 bits per heavy atom. The first-order chi connectivity index (χ1) is 10.3. The third-order valence-electron chi connectivity index (χ3n) is 3.45. The normalized spacial score (nSPS) is 10.4. The summed E-state index contributed by atoms with van der Waals surface area (Å²) < 4.78 is 0. The molecule has 2 aromatic rings. The Hall–Kier alpha value is -2.69. The van der Waals surface area contributed by atoms with Crippen molar-refractivity contribution in [2.24, 2.45) is 0 Å². The van der Waals surface area contributed by atoms with Crippen LogP contribution in [-0.4, -0.2) is 44.2 Å². The summed E-state index contributed by atoms with van der Waals surface area (Å²) in [5.74, 6) is -0.624. The predicted octanol–water partition coefficient (Wildman–Crippen LogP) is 2.46. The Labute approximate surface area is 130 Å². The number of carbonyl (C=O) groups is 1. The van der Waals surface area contributed by atoms with Gasteiger partial charge in [-0.2, -0.15) is 0 Å². The molecule has 2 rings (SSSR count). The number of phenolic OH excluding ortho intramolecular Hbond substituents is 2. The lowest BCUT2D eigenvalue weighted by atomic mass is 10.00. The summed E-state index contributed by atoms with van der Waals surface area (Å²) in [6, 6.07) is 9.50. The maximum absolute atomic E-state index is 12.6.